The number of halogens is 1. The van der Waals surface area contributed by atoms with Gasteiger partial charge in [0.05, 0.1) is 20.8 Å². The van der Waals surface area contributed by atoms with Gasteiger partial charge in [-0.25, -0.2) is 0 Å². The van der Waals surface area contributed by atoms with E-state index in [0.717, 1.165) is 0 Å². The summed E-state index contributed by atoms with van der Waals surface area (Å²) < 4.78 is 0. The van der Waals surface area contributed by atoms with Crippen molar-refractivity contribution in [2.45, 2.75) is 26.3 Å². The maximum absolute atomic E-state index is 12.4. The summed E-state index contributed by atoms with van der Waals surface area (Å²) in [4.78, 5) is 25.9. The number of nitrogens with one attached hydrogen (secondary N) is 3. The third-order valence-corrected chi connectivity index (χ3v) is 4.69. The summed E-state index contributed by atoms with van der Waals surface area (Å²) in [7, 11) is 0. The van der Waals surface area contributed by atoms with Crippen molar-refractivity contribution in [2.75, 3.05) is 5.32 Å². The van der Waals surface area contributed by atoms with Crippen LogP contribution < -0.4 is 10.6 Å². The molecule has 0 saturated carbocycles. The van der Waals surface area contributed by atoms with Gasteiger partial charge in [-0.05, 0) is 39.0 Å². The Kier molecular flexibility index (Phi) is 4.53. The summed E-state index contributed by atoms with van der Waals surface area (Å²) >= 11 is 7.33. The lowest BCUT2D eigenvalue weighted by Gasteiger charge is -2.19. The predicted molar refractivity (Wildman–Crippen MR) is 101 cm³/mol. The maximum atomic E-state index is 12.4. The molecule has 0 aliphatic carbocycles. The number of carbonyl (C=O) groups excluding carboxylic acids is 2. The van der Waals surface area contributed by atoms with Gasteiger partial charge < -0.3 is 10.6 Å². The molecule has 1 aromatic carbocycles. The molecule has 2 aromatic heterocycles. The van der Waals surface area contributed by atoms with Crippen LogP contribution in [0, 0.1) is 0 Å². The molecule has 2 heterocycles. The van der Waals surface area contributed by atoms with E-state index in [1.807, 2.05) is 20.8 Å². The summed E-state index contributed by atoms with van der Waals surface area (Å²) in [6.45, 7) is 5.75. The number of nitrogens with zero attached hydrogens (tertiary/aromatic N) is 1. The Hall–Kier alpha value is -2.38. The van der Waals surface area contributed by atoms with Gasteiger partial charge in [0.25, 0.3) is 11.8 Å². The quantitative estimate of drug-likeness (QED) is 0.644. The van der Waals surface area contributed by atoms with E-state index >= 15 is 0 Å². The zero-order valence-corrected chi connectivity index (χ0v) is 15.5. The molecule has 0 aliphatic heterocycles. The molecular formula is C17H17ClN4O2S. The van der Waals surface area contributed by atoms with Gasteiger partial charge in [-0.2, -0.15) is 5.10 Å². The molecule has 0 unspecified atom stereocenters. The number of H-pyrrole nitrogens is 1. The molecule has 6 nitrogen and oxygen atoms in total. The Balaban J connectivity index is 1.85. The summed E-state index contributed by atoms with van der Waals surface area (Å²) in [6.07, 6.45) is 0. The van der Waals surface area contributed by atoms with Gasteiger partial charge in [0.15, 0.2) is 5.82 Å². The Morgan fingerprint density at radius 3 is 2.60 bits per heavy atom. The molecule has 130 valence electrons. The molecule has 0 spiro atoms. The Bertz CT molecular complexity index is 955. The van der Waals surface area contributed by atoms with E-state index in [1.165, 1.54) is 11.3 Å². The fourth-order valence-corrected chi connectivity index (χ4v) is 3.37. The fourth-order valence-electron chi connectivity index (χ4n) is 2.25. The molecule has 0 radical (unpaired) electrons. The van der Waals surface area contributed by atoms with E-state index in [4.69, 9.17) is 11.6 Å². The number of hydrogen-bond acceptors (Lipinski definition) is 4. The molecule has 25 heavy (non-hydrogen) atoms. The van der Waals surface area contributed by atoms with E-state index in [2.05, 4.69) is 20.8 Å². The van der Waals surface area contributed by atoms with Crippen LogP contribution in [0.4, 0.5) is 5.82 Å². The molecule has 0 bridgehead atoms. The number of fused-ring (bicyclic) bond motifs is 1. The van der Waals surface area contributed by atoms with Crippen molar-refractivity contribution in [3.63, 3.8) is 0 Å². The normalized spacial score (nSPS) is 11.5. The van der Waals surface area contributed by atoms with Gasteiger partial charge in [-0.3, -0.25) is 14.7 Å². The third kappa shape index (κ3) is 3.83. The topological polar surface area (TPSA) is 86.9 Å². The second kappa shape index (κ2) is 6.50. The first-order chi connectivity index (χ1) is 11.7. The molecule has 3 aromatic rings. The minimum absolute atomic E-state index is 0.162. The number of amides is 2. The second-order valence-electron chi connectivity index (χ2n) is 6.56. The van der Waals surface area contributed by atoms with Crippen LogP contribution in [0.15, 0.2) is 30.3 Å². The van der Waals surface area contributed by atoms with E-state index < -0.39 is 0 Å². The lowest BCUT2D eigenvalue weighted by atomic mass is 10.1. The van der Waals surface area contributed by atoms with Crippen LogP contribution in [-0.4, -0.2) is 27.6 Å². The van der Waals surface area contributed by atoms with Crippen molar-refractivity contribution in [3.8, 4) is 0 Å². The highest BCUT2D eigenvalue weighted by Gasteiger charge is 2.20. The largest absolute Gasteiger partial charge is 0.347 e. The van der Waals surface area contributed by atoms with Crippen LogP contribution in [0.3, 0.4) is 0 Å². The smallest absolute Gasteiger partial charge is 0.261 e. The maximum Gasteiger partial charge on any atom is 0.261 e. The van der Waals surface area contributed by atoms with Gasteiger partial charge in [0.1, 0.15) is 4.83 Å². The molecule has 0 atom stereocenters. The number of aromatic nitrogens is 2. The van der Waals surface area contributed by atoms with Gasteiger partial charge in [0.2, 0.25) is 0 Å². The van der Waals surface area contributed by atoms with Crippen molar-refractivity contribution in [1.29, 1.82) is 0 Å². The minimum atomic E-state index is -0.356. The zero-order chi connectivity index (χ0) is 18.2. The lowest BCUT2D eigenvalue weighted by molar-refractivity contribution is 0.0923. The SMILES string of the molecule is CC(C)(C)NC(=O)c1cc2c(NC(=O)c3ccccc3Cl)n[nH]c2s1. The highest BCUT2D eigenvalue weighted by molar-refractivity contribution is 7.20. The predicted octanol–water partition coefficient (Wildman–Crippen LogP) is 4.06. The van der Waals surface area contributed by atoms with Gasteiger partial charge in [0, 0.05) is 5.54 Å². The van der Waals surface area contributed by atoms with Crippen LogP contribution in [0.25, 0.3) is 10.2 Å². The number of aromatic amines is 1. The molecule has 0 fully saturated rings. The summed E-state index contributed by atoms with van der Waals surface area (Å²) in [5.41, 5.74) is 0.0370. The molecule has 8 heteroatoms. The fraction of sp³-hybridized carbons (Fsp3) is 0.235. The van der Waals surface area contributed by atoms with Crippen molar-refractivity contribution in [2.24, 2.45) is 0 Å². The van der Waals surface area contributed by atoms with E-state index in [-0.39, 0.29) is 17.4 Å². The molecular weight excluding hydrogens is 360 g/mol. The summed E-state index contributed by atoms with van der Waals surface area (Å²) in [5.74, 6) is -0.151. The van der Waals surface area contributed by atoms with Crippen LogP contribution in [0.1, 0.15) is 40.8 Å². The number of carbonyl (C=O) groups is 2. The number of benzene rings is 1. The highest BCUT2D eigenvalue weighted by Crippen LogP contribution is 2.30. The van der Waals surface area contributed by atoms with Crippen molar-refractivity contribution >= 4 is 50.8 Å². The van der Waals surface area contributed by atoms with Crippen LogP contribution in [0.2, 0.25) is 5.02 Å². The van der Waals surface area contributed by atoms with Crippen LogP contribution >= 0.6 is 22.9 Å². The van der Waals surface area contributed by atoms with Crippen LogP contribution in [0.5, 0.6) is 0 Å². The second-order valence-corrected chi connectivity index (χ2v) is 8.02. The van der Waals surface area contributed by atoms with Crippen molar-refractivity contribution < 1.29 is 9.59 Å². The average molecular weight is 377 g/mol. The number of hydrogen-bond donors (Lipinski definition) is 3. The highest BCUT2D eigenvalue weighted by atomic mass is 35.5. The lowest BCUT2D eigenvalue weighted by Crippen LogP contribution is -2.40. The van der Waals surface area contributed by atoms with Crippen molar-refractivity contribution in [3.05, 3.63) is 45.8 Å². The van der Waals surface area contributed by atoms with E-state index in [0.29, 0.717) is 31.5 Å². The van der Waals surface area contributed by atoms with Gasteiger partial charge in [-0.1, -0.05) is 23.7 Å². The molecule has 3 N–H and O–H groups in total. The van der Waals surface area contributed by atoms with Gasteiger partial charge in [-0.15, -0.1) is 11.3 Å². The molecule has 0 saturated heterocycles. The monoisotopic (exact) mass is 376 g/mol. The van der Waals surface area contributed by atoms with Gasteiger partial charge >= 0.3 is 0 Å². The summed E-state index contributed by atoms with van der Waals surface area (Å²) in [5, 5.41) is 13.6. The van der Waals surface area contributed by atoms with Crippen LogP contribution in [-0.2, 0) is 0 Å². The van der Waals surface area contributed by atoms with E-state index in [1.54, 1.807) is 30.3 Å². The number of rotatable bonds is 3. The first-order valence-corrected chi connectivity index (χ1v) is 8.80. The van der Waals surface area contributed by atoms with Crippen molar-refractivity contribution in [1.82, 2.24) is 15.5 Å². The number of thiophene rings is 1. The Morgan fingerprint density at radius 2 is 1.92 bits per heavy atom. The number of anilines is 1. The molecule has 3 rings (SSSR count). The Morgan fingerprint density at radius 1 is 1.20 bits per heavy atom. The third-order valence-electron chi connectivity index (χ3n) is 3.32. The first-order valence-electron chi connectivity index (χ1n) is 7.61. The molecule has 0 aliphatic rings. The average Bonchev–Trinajstić information content (AvgIpc) is 3.08. The Labute approximate surface area is 153 Å². The summed E-state index contributed by atoms with van der Waals surface area (Å²) in [6, 6.07) is 8.49. The molecule has 2 amide bonds. The first kappa shape index (κ1) is 17.4. The standard InChI is InChI=1S/C17H17ClN4O2S/c1-17(2,3)20-15(24)12-8-10-13(21-22-16(10)25-12)19-14(23)9-6-4-5-7-11(9)18/h4-8H,1-3H3,(H,20,24)(H2,19,21,22,23). The minimum Gasteiger partial charge on any atom is -0.347 e. The zero-order valence-electron chi connectivity index (χ0n) is 13.9. The van der Waals surface area contributed by atoms with E-state index in [9.17, 15) is 9.59 Å².